The van der Waals surface area contributed by atoms with Gasteiger partial charge < -0.3 is 0 Å². The summed E-state index contributed by atoms with van der Waals surface area (Å²) in [5, 5.41) is -5.65. The van der Waals surface area contributed by atoms with E-state index >= 15 is 0 Å². The average Bonchev–Trinajstić information content (AvgIpc) is 3.40. The third-order valence-corrected chi connectivity index (χ3v) is 6.31. The number of fused-ring (bicyclic) bond motifs is 6. The lowest BCUT2D eigenvalue weighted by Crippen LogP contribution is -2.26. The van der Waals surface area contributed by atoms with Crippen LogP contribution in [-0.4, -0.2) is 14.1 Å². The van der Waals surface area contributed by atoms with Gasteiger partial charge in [-0.05, 0) is 0 Å². The number of aromatic nitrogens is 3. The summed E-state index contributed by atoms with van der Waals surface area (Å²) in [6, 6.07) is 0.324. The Morgan fingerprint density at radius 2 is 0.692 bits per heavy atom. The molecule has 0 atom stereocenters. The Balaban J connectivity index is 1.94. The molecular formula is C24H5F6N3O6. The number of hydrogen-bond acceptors (Lipinski definition) is 6. The molecule has 1 N–H and O–H groups in total. The maximum atomic E-state index is 14.6. The topological polar surface area (TPSA) is 128 Å². The zero-order chi connectivity index (χ0) is 28.2. The number of rotatable bonds is 2. The van der Waals surface area contributed by atoms with E-state index in [1.54, 1.807) is 4.98 Å². The van der Waals surface area contributed by atoms with E-state index in [0.717, 1.165) is 0 Å². The van der Waals surface area contributed by atoms with Crippen molar-refractivity contribution < 1.29 is 26.3 Å². The lowest BCUT2D eigenvalue weighted by molar-refractivity contribution is 0.492. The highest BCUT2D eigenvalue weighted by Gasteiger charge is 2.31. The number of hydrogen-bond donors (Lipinski definition) is 1. The smallest absolute Gasteiger partial charge is 0.267 e. The zero-order valence-corrected chi connectivity index (χ0v) is 18.4. The summed E-state index contributed by atoms with van der Waals surface area (Å²) in [6.45, 7) is 0. The van der Waals surface area contributed by atoms with E-state index in [2.05, 4.69) is 0 Å². The second kappa shape index (κ2) is 7.59. The van der Waals surface area contributed by atoms with Gasteiger partial charge in [-0.2, -0.15) is 0 Å². The highest BCUT2D eigenvalue weighted by molar-refractivity contribution is 6.25. The van der Waals surface area contributed by atoms with E-state index < -0.39 is 112 Å². The van der Waals surface area contributed by atoms with Gasteiger partial charge in [0.05, 0.1) is 43.7 Å². The van der Waals surface area contributed by atoms with Crippen LogP contribution in [0.5, 0.6) is 0 Å². The molecule has 0 spiro atoms. The van der Waals surface area contributed by atoms with Crippen LogP contribution in [0.4, 0.5) is 26.3 Å². The Morgan fingerprint density at radius 3 is 1.03 bits per heavy atom. The molecule has 0 aliphatic heterocycles. The molecule has 3 aromatic carbocycles. The van der Waals surface area contributed by atoms with Crippen molar-refractivity contribution in [3.63, 3.8) is 0 Å². The number of halogens is 6. The quantitative estimate of drug-likeness (QED) is 0.259. The fourth-order valence-corrected chi connectivity index (χ4v) is 4.72. The highest BCUT2D eigenvalue weighted by atomic mass is 19.2. The van der Waals surface area contributed by atoms with Crippen molar-refractivity contribution in [2.45, 2.75) is 0 Å². The monoisotopic (exact) mass is 545 g/mol. The molecule has 0 aliphatic carbocycles. The lowest BCUT2D eigenvalue weighted by atomic mass is 10.0. The molecule has 194 valence electrons. The molecular weight excluding hydrogens is 540 g/mol. The van der Waals surface area contributed by atoms with E-state index in [9.17, 15) is 55.1 Å². The minimum Gasteiger partial charge on any atom is -0.288 e. The first-order valence-electron chi connectivity index (χ1n) is 10.5. The third-order valence-electron chi connectivity index (χ3n) is 6.31. The molecule has 0 amide bonds. The summed E-state index contributed by atoms with van der Waals surface area (Å²) in [7, 11) is 0. The van der Waals surface area contributed by atoms with Crippen LogP contribution in [0, 0.1) is 34.9 Å². The molecule has 0 aliphatic rings. The van der Waals surface area contributed by atoms with E-state index in [0.29, 0.717) is 0 Å². The van der Waals surface area contributed by atoms with Crippen molar-refractivity contribution in [1.29, 1.82) is 0 Å². The number of aromatic amines is 1. The zero-order valence-electron chi connectivity index (χ0n) is 18.4. The Labute approximate surface area is 206 Å². The molecule has 15 heteroatoms. The SMILES string of the molecule is O=c1[nH]c(=O)c2c1c1c(=O)n(-c3cc(F)c(F)cc3F)c(=O)c1c1c(=O)n(-c3cc(F)c(F)cc3F)c(=O)c21. The summed E-state index contributed by atoms with van der Waals surface area (Å²) in [4.78, 5) is 80.4. The van der Waals surface area contributed by atoms with E-state index in [1.807, 2.05) is 0 Å². The molecule has 0 fully saturated rings. The number of H-pyrrole nitrogens is 1. The van der Waals surface area contributed by atoms with Crippen molar-refractivity contribution >= 4 is 32.3 Å². The second-order valence-electron chi connectivity index (χ2n) is 8.36. The van der Waals surface area contributed by atoms with Crippen LogP contribution in [0.1, 0.15) is 0 Å². The molecule has 39 heavy (non-hydrogen) atoms. The normalized spacial score (nSPS) is 11.9. The van der Waals surface area contributed by atoms with Gasteiger partial charge >= 0.3 is 0 Å². The van der Waals surface area contributed by atoms with Crippen LogP contribution in [0.3, 0.4) is 0 Å². The van der Waals surface area contributed by atoms with Crippen molar-refractivity contribution in [3.8, 4) is 11.4 Å². The van der Waals surface area contributed by atoms with Gasteiger partial charge in [-0.1, -0.05) is 0 Å². The van der Waals surface area contributed by atoms with E-state index in [4.69, 9.17) is 0 Å². The van der Waals surface area contributed by atoms with Crippen LogP contribution in [-0.2, 0) is 0 Å². The first-order chi connectivity index (χ1) is 18.3. The molecule has 9 nitrogen and oxygen atoms in total. The number of nitrogens with zero attached hydrogens (tertiary/aromatic N) is 2. The van der Waals surface area contributed by atoms with Crippen LogP contribution in [0.25, 0.3) is 43.7 Å². The predicted molar refractivity (Wildman–Crippen MR) is 123 cm³/mol. The standard InChI is InChI=1S/C24H5F6N3O6/c25-5-1-9(29)11(3-7(5)27)32-21(36)15-13-14(20(35)31-19(13)34)16-18(17(15)23(32)38)24(39)33(22(16)37)12-4-8(28)6(26)2-10(12)30/h1-4H,(H,31,34,35). The van der Waals surface area contributed by atoms with Gasteiger partial charge in [0.1, 0.15) is 0 Å². The number of benzene rings is 3. The lowest BCUT2D eigenvalue weighted by Gasteiger charge is -2.03. The summed E-state index contributed by atoms with van der Waals surface area (Å²) in [5.74, 6) is -9.93. The summed E-state index contributed by atoms with van der Waals surface area (Å²) in [5.41, 5.74) is -11.1. The van der Waals surface area contributed by atoms with Gasteiger partial charge in [0.25, 0.3) is 33.4 Å². The van der Waals surface area contributed by atoms with Crippen molar-refractivity contribution in [2.24, 2.45) is 0 Å². The van der Waals surface area contributed by atoms with Gasteiger partial charge in [0.2, 0.25) is 0 Å². The molecule has 0 radical (unpaired) electrons. The molecule has 3 heterocycles. The minimum atomic E-state index is -1.68. The van der Waals surface area contributed by atoms with Crippen molar-refractivity contribution in [1.82, 2.24) is 14.1 Å². The molecule has 6 aromatic rings. The van der Waals surface area contributed by atoms with Gasteiger partial charge in [-0.25, -0.2) is 35.5 Å². The molecule has 0 bridgehead atoms. The van der Waals surface area contributed by atoms with Gasteiger partial charge in [0.15, 0.2) is 34.9 Å². The van der Waals surface area contributed by atoms with Crippen LogP contribution in [0.15, 0.2) is 53.0 Å². The van der Waals surface area contributed by atoms with Gasteiger partial charge in [0, 0.05) is 24.3 Å². The van der Waals surface area contributed by atoms with Gasteiger partial charge in [-0.3, -0.25) is 33.8 Å². The van der Waals surface area contributed by atoms with Crippen LogP contribution < -0.4 is 33.4 Å². The maximum Gasteiger partial charge on any atom is 0.267 e. The molecule has 0 saturated carbocycles. The Kier molecular flexibility index (Phi) is 4.68. The summed E-state index contributed by atoms with van der Waals surface area (Å²) in [6.07, 6.45) is 0. The predicted octanol–water partition coefficient (Wildman–Crippen LogP) is 1.36. The first kappa shape index (κ1) is 24.0. The first-order valence-corrected chi connectivity index (χ1v) is 10.5. The third kappa shape index (κ3) is 2.91. The Hall–Kier alpha value is -5.34. The summed E-state index contributed by atoms with van der Waals surface area (Å²) >= 11 is 0. The minimum absolute atomic E-state index is 0.0154. The second-order valence-corrected chi connectivity index (χ2v) is 8.36. The maximum absolute atomic E-state index is 14.6. The molecule has 0 unspecified atom stereocenters. The Bertz CT molecular complexity index is 2270. The molecule has 3 aromatic heterocycles. The van der Waals surface area contributed by atoms with Crippen LogP contribution >= 0.6 is 0 Å². The molecule has 6 rings (SSSR count). The van der Waals surface area contributed by atoms with Crippen molar-refractivity contribution in [2.75, 3.05) is 0 Å². The molecule has 0 saturated heterocycles. The average molecular weight is 545 g/mol. The van der Waals surface area contributed by atoms with Crippen LogP contribution in [0.2, 0.25) is 0 Å². The fourth-order valence-electron chi connectivity index (χ4n) is 4.72. The fraction of sp³-hybridized carbons (Fsp3) is 0. The van der Waals surface area contributed by atoms with E-state index in [1.165, 1.54) is 0 Å². The summed E-state index contributed by atoms with van der Waals surface area (Å²) < 4.78 is 83.8. The number of nitrogens with one attached hydrogen (secondary N) is 1. The highest BCUT2D eigenvalue weighted by Crippen LogP contribution is 2.28. The van der Waals surface area contributed by atoms with Crippen molar-refractivity contribution in [3.05, 3.63) is 121 Å². The largest absolute Gasteiger partial charge is 0.288 e. The Morgan fingerprint density at radius 1 is 0.410 bits per heavy atom. The van der Waals surface area contributed by atoms with E-state index in [-0.39, 0.29) is 33.4 Å². The van der Waals surface area contributed by atoms with Gasteiger partial charge in [-0.15, -0.1) is 0 Å².